The smallest absolute Gasteiger partial charge is 0.261 e. The molecule has 0 spiro atoms. The zero-order valence-electron chi connectivity index (χ0n) is 22.6. The zero-order chi connectivity index (χ0) is 26.0. The molecule has 0 aliphatic carbocycles. The highest BCUT2D eigenvalue weighted by Crippen LogP contribution is 2.41. The fraction of sp³-hybridized carbons (Fsp3) is 0.438. The summed E-state index contributed by atoms with van der Waals surface area (Å²) in [6.45, 7) is 10.2. The Morgan fingerprint density at radius 3 is 1.92 bits per heavy atom. The van der Waals surface area contributed by atoms with Gasteiger partial charge in [-0.3, -0.25) is 4.90 Å². The Hall–Kier alpha value is -2.28. The summed E-state index contributed by atoms with van der Waals surface area (Å²) in [4.78, 5) is 2.50. The van der Waals surface area contributed by atoms with Gasteiger partial charge in [0, 0.05) is 12.1 Å². The van der Waals surface area contributed by atoms with Gasteiger partial charge in [0.25, 0.3) is 8.32 Å². The first kappa shape index (κ1) is 26.3. The average molecular weight is 516 g/mol. The number of rotatable bonds is 8. The van der Waals surface area contributed by atoms with E-state index >= 15 is 0 Å². The van der Waals surface area contributed by atoms with Gasteiger partial charge in [-0.25, -0.2) is 0 Å². The number of hydrogen-bond donors (Lipinski definition) is 1. The lowest BCUT2D eigenvalue weighted by molar-refractivity contribution is -0.0500. The fourth-order valence-electron chi connectivity index (χ4n) is 6.70. The number of aliphatic hydroxyl groups is 1. The number of ether oxygens (including phenoxy) is 1. The van der Waals surface area contributed by atoms with Crippen molar-refractivity contribution in [2.75, 3.05) is 6.61 Å². The molecule has 2 heterocycles. The number of nitrogens with zero attached hydrogens (tertiary/aromatic N) is 1. The number of hydrogen-bond acceptors (Lipinski definition) is 4. The van der Waals surface area contributed by atoms with Crippen LogP contribution in [0.15, 0.2) is 91.0 Å². The Bertz CT molecular complexity index is 1100. The van der Waals surface area contributed by atoms with Crippen LogP contribution in [0.3, 0.4) is 0 Å². The Balaban J connectivity index is 1.49. The molecular weight excluding hydrogens is 474 g/mol. The van der Waals surface area contributed by atoms with E-state index in [1.165, 1.54) is 10.4 Å². The van der Waals surface area contributed by atoms with E-state index in [0.29, 0.717) is 19.3 Å². The molecule has 37 heavy (non-hydrogen) atoms. The van der Waals surface area contributed by atoms with E-state index in [-0.39, 0.29) is 23.2 Å². The van der Waals surface area contributed by atoms with E-state index in [2.05, 4.69) is 105 Å². The highest BCUT2D eigenvalue weighted by atomic mass is 28.4. The molecule has 0 radical (unpaired) electrons. The summed E-state index contributed by atoms with van der Waals surface area (Å²) in [6.07, 6.45) is 1.30. The van der Waals surface area contributed by atoms with Crippen molar-refractivity contribution in [3.63, 3.8) is 0 Å². The summed E-state index contributed by atoms with van der Waals surface area (Å²) >= 11 is 0. The Morgan fingerprint density at radius 2 is 1.38 bits per heavy atom. The van der Waals surface area contributed by atoms with Gasteiger partial charge in [0.2, 0.25) is 0 Å². The molecule has 5 rings (SSSR count). The average Bonchev–Trinajstić information content (AvgIpc) is 3.41. The van der Waals surface area contributed by atoms with E-state index in [1.54, 1.807) is 0 Å². The van der Waals surface area contributed by atoms with Crippen LogP contribution in [0, 0.1) is 0 Å². The summed E-state index contributed by atoms with van der Waals surface area (Å²) in [7, 11) is -2.69. The third-order valence-corrected chi connectivity index (χ3v) is 13.4. The lowest BCUT2D eigenvalue weighted by Crippen LogP contribution is -2.67. The first-order valence-electron chi connectivity index (χ1n) is 13.7. The topological polar surface area (TPSA) is 41.9 Å². The number of fused-ring (bicyclic) bond motifs is 1. The summed E-state index contributed by atoms with van der Waals surface area (Å²) < 4.78 is 13.8. The van der Waals surface area contributed by atoms with E-state index in [4.69, 9.17) is 9.16 Å². The van der Waals surface area contributed by atoms with Crippen molar-refractivity contribution in [1.29, 1.82) is 0 Å². The predicted molar refractivity (Wildman–Crippen MR) is 153 cm³/mol. The van der Waals surface area contributed by atoms with Crippen molar-refractivity contribution in [2.45, 2.75) is 82.5 Å². The maximum atomic E-state index is 11.4. The van der Waals surface area contributed by atoms with Crippen LogP contribution in [0.5, 0.6) is 0 Å². The van der Waals surface area contributed by atoms with Crippen LogP contribution in [0.4, 0.5) is 0 Å². The Morgan fingerprint density at radius 1 is 0.838 bits per heavy atom. The van der Waals surface area contributed by atoms with Crippen molar-refractivity contribution in [3.05, 3.63) is 96.6 Å². The van der Waals surface area contributed by atoms with Crippen molar-refractivity contribution in [2.24, 2.45) is 0 Å². The van der Waals surface area contributed by atoms with E-state index in [1.807, 2.05) is 18.2 Å². The molecule has 0 unspecified atom stereocenters. The van der Waals surface area contributed by atoms with Crippen LogP contribution in [-0.4, -0.2) is 55.3 Å². The molecule has 5 heteroatoms. The molecule has 0 bridgehead atoms. The van der Waals surface area contributed by atoms with E-state index < -0.39 is 14.4 Å². The second kappa shape index (κ2) is 10.8. The molecule has 2 aliphatic rings. The number of benzene rings is 3. The molecule has 0 aromatic heterocycles. The molecule has 0 amide bonds. The van der Waals surface area contributed by atoms with Crippen LogP contribution in [0.1, 0.15) is 46.1 Å². The van der Waals surface area contributed by atoms with Gasteiger partial charge >= 0.3 is 0 Å². The summed E-state index contributed by atoms with van der Waals surface area (Å²) in [6, 6.07) is 32.4. The minimum Gasteiger partial charge on any atom is -0.406 e. The first-order chi connectivity index (χ1) is 17.8. The van der Waals surface area contributed by atoms with Gasteiger partial charge in [0.15, 0.2) is 0 Å². The van der Waals surface area contributed by atoms with Crippen LogP contribution < -0.4 is 10.4 Å². The van der Waals surface area contributed by atoms with Crippen LogP contribution in [-0.2, 0) is 15.8 Å². The second-order valence-electron chi connectivity index (χ2n) is 11.7. The normalized spacial score (nSPS) is 26.4. The summed E-state index contributed by atoms with van der Waals surface area (Å²) in [5.41, 5.74) is 1.13. The first-order valence-corrected chi connectivity index (χ1v) is 15.6. The minimum atomic E-state index is -2.69. The lowest BCUT2D eigenvalue weighted by atomic mass is 10.0. The molecule has 196 valence electrons. The summed E-state index contributed by atoms with van der Waals surface area (Å²) in [5.74, 6) is 0. The molecular formula is C32H41NO3Si. The zero-order valence-corrected chi connectivity index (χ0v) is 23.6. The molecule has 5 atom stereocenters. The van der Waals surface area contributed by atoms with Gasteiger partial charge in [-0.15, -0.1) is 0 Å². The van der Waals surface area contributed by atoms with Crippen LogP contribution in [0.2, 0.25) is 5.04 Å². The molecule has 2 saturated heterocycles. The van der Waals surface area contributed by atoms with E-state index in [0.717, 1.165) is 18.4 Å². The quantitative estimate of drug-likeness (QED) is 0.440. The molecule has 1 N–H and O–H groups in total. The maximum Gasteiger partial charge on any atom is 0.261 e. The van der Waals surface area contributed by atoms with Crippen molar-refractivity contribution < 1.29 is 14.3 Å². The maximum absolute atomic E-state index is 11.4. The molecule has 2 aliphatic heterocycles. The Labute approximate surface area is 223 Å². The van der Waals surface area contributed by atoms with Crippen molar-refractivity contribution in [1.82, 2.24) is 4.90 Å². The fourth-order valence-corrected chi connectivity index (χ4v) is 11.3. The van der Waals surface area contributed by atoms with Crippen LogP contribution in [0.25, 0.3) is 0 Å². The van der Waals surface area contributed by atoms with Gasteiger partial charge < -0.3 is 14.3 Å². The second-order valence-corrected chi connectivity index (χ2v) is 16.0. The van der Waals surface area contributed by atoms with Gasteiger partial charge in [-0.1, -0.05) is 112 Å². The highest BCUT2D eigenvalue weighted by molar-refractivity contribution is 6.99. The standard InChI is InChI=1S/C32H41NO3Si/c1-24-20-21-28-30(34)31(35-22-25-14-8-5-9-15-25)29(33(24)28)23-36-37(32(2,3)4,26-16-10-6-11-17-26)27-18-12-7-13-19-27/h5-19,24,28-31,34H,20-23H2,1-4H3/t24-,28-,29-,30-,31-/m1/s1. The van der Waals surface area contributed by atoms with Gasteiger partial charge in [-0.05, 0) is 40.7 Å². The molecule has 3 aromatic carbocycles. The number of aliphatic hydroxyl groups excluding tert-OH is 1. The van der Waals surface area contributed by atoms with Gasteiger partial charge in [-0.2, -0.15) is 0 Å². The monoisotopic (exact) mass is 515 g/mol. The van der Waals surface area contributed by atoms with Crippen molar-refractivity contribution >= 4 is 18.7 Å². The Kier molecular flexibility index (Phi) is 7.71. The lowest BCUT2D eigenvalue weighted by Gasteiger charge is -2.44. The molecule has 3 aromatic rings. The van der Waals surface area contributed by atoms with Gasteiger partial charge in [0.05, 0.1) is 25.4 Å². The third-order valence-electron chi connectivity index (χ3n) is 8.44. The highest BCUT2D eigenvalue weighted by Gasteiger charge is 2.56. The third kappa shape index (κ3) is 4.96. The summed E-state index contributed by atoms with van der Waals surface area (Å²) in [5, 5.41) is 13.9. The predicted octanol–water partition coefficient (Wildman–Crippen LogP) is 4.74. The van der Waals surface area contributed by atoms with Crippen molar-refractivity contribution in [3.8, 4) is 0 Å². The van der Waals surface area contributed by atoms with Crippen LogP contribution >= 0.6 is 0 Å². The SMILES string of the molecule is C[C@@H]1CC[C@@H]2[C@@H](O)[C@H](OCc3ccccc3)[C@@H](CO[Si](c3ccccc3)(c3ccccc3)C(C)(C)C)N12. The minimum absolute atomic E-state index is 0.00265. The molecule has 0 saturated carbocycles. The molecule has 4 nitrogen and oxygen atoms in total. The van der Waals surface area contributed by atoms with E-state index in [9.17, 15) is 5.11 Å². The molecule has 2 fully saturated rings. The largest absolute Gasteiger partial charge is 0.406 e. The van der Waals surface area contributed by atoms with Gasteiger partial charge in [0.1, 0.15) is 6.10 Å².